The fourth-order valence-corrected chi connectivity index (χ4v) is 1.65. The molecule has 0 amide bonds. The highest BCUT2D eigenvalue weighted by Crippen LogP contribution is 2.41. The maximum atomic E-state index is 12.0. The summed E-state index contributed by atoms with van der Waals surface area (Å²) >= 11 is 5.19. The van der Waals surface area contributed by atoms with Gasteiger partial charge in [0, 0.05) is 4.90 Å². The Morgan fingerprint density at radius 3 is 2.60 bits per heavy atom. The third kappa shape index (κ3) is 3.95. The largest absolute Gasteiger partial charge is 0.446 e. The first-order valence-corrected chi connectivity index (χ1v) is 4.75. The van der Waals surface area contributed by atoms with Crippen molar-refractivity contribution in [1.29, 1.82) is 0 Å². The average Bonchev–Trinajstić information content (AvgIpc) is 2.09. The Morgan fingerprint density at radius 2 is 2.07 bits per heavy atom. The van der Waals surface area contributed by atoms with Gasteiger partial charge in [-0.05, 0) is 30.0 Å². The van der Waals surface area contributed by atoms with Crippen LogP contribution in [0.1, 0.15) is 0 Å². The lowest BCUT2D eigenvalue weighted by Gasteiger charge is -2.07. The summed E-state index contributed by atoms with van der Waals surface area (Å²) in [5.74, 6) is 0. The number of aliphatic imine (C=N–C) groups is 1. The van der Waals surface area contributed by atoms with Crippen molar-refractivity contribution in [2.24, 2.45) is 4.99 Å². The van der Waals surface area contributed by atoms with Crippen LogP contribution in [0.2, 0.25) is 5.02 Å². The van der Waals surface area contributed by atoms with E-state index in [2.05, 4.69) is 4.99 Å². The summed E-state index contributed by atoms with van der Waals surface area (Å²) in [7, 11) is 0. The molecule has 2 nitrogen and oxygen atoms in total. The van der Waals surface area contributed by atoms with E-state index < -0.39 is 5.51 Å². The number of thioether (sulfide) groups is 1. The molecule has 0 atom stereocenters. The minimum absolute atomic E-state index is 0.0397. The van der Waals surface area contributed by atoms with Gasteiger partial charge in [-0.3, -0.25) is 0 Å². The number of alkyl halides is 3. The Labute approximate surface area is 92.1 Å². The van der Waals surface area contributed by atoms with Gasteiger partial charge in [0.05, 0.1) is 10.7 Å². The fraction of sp³-hybridized carbons (Fsp3) is 0.125. The molecule has 0 saturated carbocycles. The molecule has 15 heavy (non-hydrogen) atoms. The van der Waals surface area contributed by atoms with E-state index in [1.807, 2.05) is 0 Å². The standard InChI is InChI=1S/C8H3ClF3NOS/c9-6-2-1-5(13-4-14)3-7(6)15-8(10,11)12/h1-3H. The van der Waals surface area contributed by atoms with Crippen LogP contribution in [0.25, 0.3) is 0 Å². The molecular weight excluding hydrogens is 251 g/mol. The zero-order chi connectivity index (χ0) is 11.5. The van der Waals surface area contributed by atoms with Crippen LogP contribution in [0.15, 0.2) is 28.1 Å². The number of isocyanates is 1. The lowest BCUT2D eigenvalue weighted by atomic mass is 10.3. The van der Waals surface area contributed by atoms with Crippen molar-refractivity contribution in [1.82, 2.24) is 0 Å². The molecule has 0 spiro atoms. The topological polar surface area (TPSA) is 29.4 Å². The van der Waals surface area contributed by atoms with E-state index in [-0.39, 0.29) is 27.4 Å². The van der Waals surface area contributed by atoms with Crippen LogP contribution < -0.4 is 0 Å². The van der Waals surface area contributed by atoms with E-state index in [1.54, 1.807) is 0 Å². The highest BCUT2D eigenvalue weighted by molar-refractivity contribution is 8.00. The molecule has 0 fully saturated rings. The number of hydrogen-bond donors (Lipinski definition) is 0. The Bertz CT molecular complexity index is 415. The molecule has 0 aliphatic rings. The predicted octanol–water partition coefficient (Wildman–Crippen LogP) is 3.92. The smallest absolute Gasteiger partial charge is 0.211 e. The first-order chi connectivity index (χ1) is 6.92. The van der Waals surface area contributed by atoms with Crippen LogP contribution in [-0.2, 0) is 4.79 Å². The number of nitrogens with zero attached hydrogens (tertiary/aromatic N) is 1. The third-order valence-electron chi connectivity index (χ3n) is 1.32. The summed E-state index contributed by atoms with van der Waals surface area (Å²) in [5, 5.41) is -0.0397. The maximum absolute atomic E-state index is 12.0. The first kappa shape index (κ1) is 12.1. The summed E-state index contributed by atoms with van der Waals surface area (Å²) in [6.45, 7) is 0. The van der Waals surface area contributed by atoms with Crippen molar-refractivity contribution in [2.45, 2.75) is 10.4 Å². The minimum atomic E-state index is -4.42. The monoisotopic (exact) mass is 253 g/mol. The SMILES string of the molecule is O=C=Nc1ccc(Cl)c(SC(F)(F)F)c1. The van der Waals surface area contributed by atoms with Gasteiger partial charge in [-0.1, -0.05) is 11.6 Å². The van der Waals surface area contributed by atoms with Gasteiger partial charge < -0.3 is 0 Å². The second-order valence-electron chi connectivity index (χ2n) is 2.37. The van der Waals surface area contributed by atoms with Gasteiger partial charge in [-0.2, -0.15) is 18.2 Å². The van der Waals surface area contributed by atoms with Crippen molar-refractivity contribution < 1.29 is 18.0 Å². The second kappa shape index (κ2) is 4.70. The van der Waals surface area contributed by atoms with Crippen molar-refractivity contribution in [3.63, 3.8) is 0 Å². The van der Waals surface area contributed by atoms with Crippen molar-refractivity contribution in [2.75, 3.05) is 0 Å². The molecule has 0 aliphatic carbocycles. The molecule has 0 saturated heterocycles. The molecule has 0 radical (unpaired) electrons. The number of benzene rings is 1. The normalized spacial score (nSPS) is 10.9. The Kier molecular flexibility index (Phi) is 3.79. The number of carbonyl (C=O) groups excluding carboxylic acids is 1. The summed E-state index contributed by atoms with van der Waals surface area (Å²) in [4.78, 5) is 12.9. The molecule has 0 aromatic heterocycles. The van der Waals surface area contributed by atoms with Gasteiger partial charge in [0.15, 0.2) is 0 Å². The predicted molar refractivity (Wildman–Crippen MR) is 51.1 cm³/mol. The Hall–Kier alpha value is -0.970. The highest BCUT2D eigenvalue weighted by Gasteiger charge is 2.30. The van der Waals surface area contributed by atoms with Crippen molar-refractivity contribution in [3.05, 3.63) is 23.2 Å². The zero-order valence-electron chi connectivity index (χ0n) is 7.01. The van der Waals surface area contributed by atoms with Crippen LogP contribution in [0.5, 0.6) is 0 Å². The maximum Gasteiger partial charge on any atom is 0.446 e. The summed E-state index contributed by atoms with van der Waals surface area (Å²) in [6, 6.07) is 3.64. The van der Waals surface area contributed by atoms with Crippen molar-refractivity contribution in [3.8, 4) is 0 Å². The van der Waals surface area contributed by atoms with Gasteiger partial charge >= 0.3 is 5.51 Å². The molecule has 1 rings (SSSR count). The van der Waals surface area contributed by atoms with E-state index in [4.69, 9.17) is 11.6 Å². The third-order valence-corrected chi connectivity index (χ3v) is 2.55. The lowest BCUT2D eigenvalue weighted by Crippen LogP contribution is -1.99. The van der Waals surface area contributed by atoms with Crippen LogP contribution in [0.3, 0.4) is 0 Å². The number of hydrogen-bond acceptors (Lipinski definition) is 3. The fourth-order valence-electron chi connectivity index (χ4n) is 0.817. The van der Waals surface area contributed by atoms with E-state index in [1.165, 1.54) is 18.2 Å². The van der Waals surface area contributed by atoms with Gasteiger partial charge in [-0.15, -0.1) is 0 Å². The summed E-state index contributed by atoms with van der Waals surface area (Å²) in [6.07, 6.45) is 1.23. The average molecular weight is 254 g/mol. The number of rotatable bonds is 2. The zero-order valence-corrected chi connectivity index (χ0v) is 8.58. The van der Waals surface area contributed by atoms with Crippen LogP contribution in [0, 0.1) is 0 Å². The van der Waals surface area contributed by atoms with Gasteiger partial charge in [0.2, 0.25) is 6.08 Å². The molecule has 1 aromatic carbocycles. The van der Waals surface area contributed by atoms with E-state index in [0.29, 0.717) is 0 Å². The highest BCUT2D eigenvalue weighted by atomic mass is 35.5. The molecule has 0 bridgehead atoms. The lowest BCUT2D eigenvalue weighted by molar-refractivity contribution is -0.0328. The number of halogens is 4. The van der Waals surface area contributed by atoms with E-state index in [9.17, 15) is 18.0 Å². The van der Waals surface area contributed by atoms with Gasteiger partial charge in [-0.25, -0.2) is 4.79 Å². The van der Waals surface area contributed by atoms with Gasteiger partial charge in [0.25, 0.3) is 0 Å². The molecule has 0 aliphatic heterocycles. The molecular formula is C8H3ClF3NOS. The van der Waals surface area contributed by atoms with E-state index >= 15 is 0 Å². The molecule has 0 heterocycles. The molecule has 1 aromatic rings. The van der Waals surface area contributed by atoms with Crippen molar-refractivity contribution >= 4 is 35.1 Å². The van der Waals surface area contributed by atoms with Crippen LogP contribution >= 0.6 is 23.4 Å². The first-order valence-electron chi connectivity index (χ1n) is 3.55. The Morgan fingerprint density at radius 1 is 1.40 bits per heavy atom. The van der Waals surface area contributed by atoms with Gasteiger partial charge in [0.1, 0.15) is 0 Å². The molecule has 0 N–H and O–H groups in total. The minimum Gasteiger partial charge on any atom is -0.211 e. The van der Waals surface area contributed by atoms with E-state index in [0.717, 1.165) is 6.07 Å². The Balaban J connectivity index is 3.05. The van der Waals surface area contributed by atoms with Crippen LogP contribution in [0.4, 0.5) is 18.9 Å². The summed E-state index contributed by atoms with van der Waals surface area (Å²) in [5.41, 5.74) is -4.34. The molecule has 0 unspecified atom stereocenters. The quantitative estimate of drug-likeness (QED) is 0.454. The molecule has 80 valence electrons. The summed E-state index contributed by atoms with van der Waals surface area (Å²) < 4.78 is 36.1. The molecule has 7 heteroatoms. The van der Waals surface area contributed by atoms with Crippen LogP contribution in [-0.4, -0.2) is 11.6 Å². The second-order valence-corrected chi connectivity index (χ2v) is 3.88.